The van der Waals surface area contributed by atoms with Crippen LogP contribution in [0.4, 0.5) is 26.3 Å². The first kappa shape index (κ1) is 21.9. The Bertz CT molecular complexity index is 583. The monoisotopic (exact) mass is 389 g/mol. The van der Waals surface area contributed by atoms with Crippen LogP contribution in [-0.2, 0) is 11.2 Å². The lowest BCUT2D eigenvalue weighted by Gasteiger charge is -2.18. The molecule has 0 radical (unpaired) electrons. The SMILES string of the molecule is CC(Cc1cc(OC(F)(F)F)cc(OC(F)(F)F)c1)CC(CN)C(=O)O. The molecule has 1 rings (SSSR count). The summed E-state index contributed by atoms with van der Waals surface area (Å²) in [6.07, 6.45) is -10.1. The minimum Gasteiger partial charge on any atom is -0.481 e. The largest absolute Gasteiger partial charge is 0.573 e. The number of hydrogen-bond donors (Lipinski definition) is 2. The first-order valence-corrected chi connectivity index (χ1v) is 7.37. The molecule has 2 atom stereocenters. The van der Waals surface area contributed by atoms with Gasteiger partial charge in [0.25, 0.3) is 0 Å². The summed E-state index contributed by atoms with van der Waals surface area (Å²) in [4.78, 5) is 11.0. The van der Waals surface area contributed by atoms with Crippen molar-refractivity contribution in [1.82, 2.24) is 0 Å². The van der Waals surface area contributed by atoms with Crippen LogP contribution >= 0.6 is 0 Å². The Hall–Kier alpha value is -2.17. The molecule has 1 aromatic carbocycles. The number of benzene rings is 1. The fourth-order valence-corrected chi connectivity index (χ4v) is 2.40. The molecule has 0 saturated carbocycles. The topological polar surface area (TPSA) is 81.8 Å². The normalized spacial score (nSPS) is 14.6. The van der Waals surface area contributed by atoms with Gasteiger partial charge in [0.05, 0.1) is 5.92 Å². The highest BCUT2D eigenvalue weighted by Crippen LogP contribution is 2.32. The van der Waals surface area contributed by atoms with Gasteiger partial charge < -0.3 is 20.3 Å². The molecular weight excluding hydrogens is 372 g/mol. The van der Waals surface area contributed by atoms with Crippen molar-refractivity contribution in [3.8, 4) is 11.5 Å². The highest BCUT2D eigenvalue weighted by atomic mass is 19.4. The van der Waals surface area contributed by atoms with Crippen molar-refractivity contribution in [2.45, 2.75) is 32.5 Å². The molecule has 26 heavy (non-hydrogen) atoms. The van der Waals surface area contributed by atoms with Gasteiger partial charge in [0, 0.05) is 12.6 Å². The van der Waals surface area contributed by atoms with Crippen LogP contribution in [0.15, 0.2) is 18.2 Å². The molecule has 0 saturated heterocycles. The second kappa shape index (κ2) is 8.47. The van der Waals surface area contributed by atoms with Crippen LogP contribution in [0.1, 0.15) is 18.9 Å². The van der Waals surface area contributed by atoms with Gasteiger partial charge in [-0.15, -0.1) is 26.3 Å². The number of carboxylic acids is 1. The maximum atomic E-state index is 12.3. The third-order valence-corrected chi connectivity index (χ3v) is 3.31. The molecular formula is C15H17F6NO4. The summed E-state index contributed by atoms with van der Waals surface area (Å²) in [6.45, 7) is 1.46. The van der Waals surface area contributed by atoms with Crippen molar-refractivity contribution >= 4 is 5.97 Å². The summed E-state index contributed by atoms with van der Waals surface area (Å²) in [5, 5.41) is 8.96. The summed E-state index contributed by atoms with van der Waals surface area (Å²) in [5.41, 5.74) is 5.40. The summed E-state index contributed by atoms with van der Waals surface area (Å²) < 4.78 is 81.4. The van der Waals surface area contributed by atoms with E-state index in [0.29, 0.717) is 6.07 Å². The molecule has 5 nitrogen and oxygen atoms in total. The fraction of sp³-hybridized carbons (Fsp3) is 0.533. The predicted molar refractivity (Wildman–Crippen MR) is 77.5 cm³/mol. The number of carboxylic acid groups (broad SMARTS) is 1. The van der Waals surface area contributed by atoms with E-state index < -0.39 is 36.1 Å². The van der Waals surface area contributed by atoms with E-state index in [2.05, 4.69) is 9.47 Å². The van der Waals surface area contributed by atoms with Crippen molar-refractivity contribution < 1.29 is 45.7 Å². The quantitative estimate of drug-likeness (QED) is 0.663. The lowest BCUT2D eigenvalue weighted by molar-refractivity contribution is -0.276. The average Bonchev–Trinajstić information content (AvgIpc) is 2.40. The summed E-state index contributed by atoms with van der Waals surface area (Å²) in [7, 11) is 0. The Kier molecular flexibility index (Phi) is 7.13. The van der Waals surface area contributed by atoms with Crippen LogP contribution in [0.5, 0.6) is 11.5 Å². The molecule has 0 aliphatic heterocycles. The van der Waals surface area contributed by atoms with Gasteiger partial charge in [-0.05, 0) is 36.5 Å². The molecule has 0 spiro atoms. The van der Waals surface area contributed by atoms with Crippen LogP contribution in [0.25, 0.3) is 0 Å². The van der Waals surface area contributed by atoms with E-state index in [4.69, 9.17) is 10.8 Å². The molecule has 1 aromatic rings. The second-order valence-electron chi connectivity index (χ2n) is 5.72. The number of rotatable bonds is 8. The van der Waals surface area contributed by atoms with Crippen molar-refractivity contribution in [3.05, 3.63) is 23.8 Å². The zero-order chi connectivity index (χ0) is 20.1. The Morgan fingerprint density at radius 1 is 1.08 bits per heavy atom. The minimum atomic E-state index is -5.09. The Morgan fingerprint density at radius 3 is 1.88 bits per heavy atom. The lowest BCUT2D eigenvalue weighted by atomic mass is 9.90. The van der Waals surface area contributed by atoms with Gasteiger partial charge in [0.15, 0.2) is 0 Å². The number of hydrogen-bond acceptors (Lipinski definition) is 4. The first-order chi connectivity index (χ1) is 11.8. The molecule has 0 aromatic heterocycles. The third-order valence-electron chi connectivity index (χ3n) is 3.31. The van der Waals surface area contributed by atoms with E-state index in [0.717, 1.165) is 12.1 Å². The van der Waals surface area contributed by atoms with Crippen molar-refractivity contribution in [2.24, 2.45) is 17.6 Å². The lowest BCUT2D eigenvalue weighted by Crippen LogP contribution is -2.25. The van der Waals surface area contributed by atoms with E-state index in [9.17, 15) is 31.1 Å². The summed E-state index contributed by atoms with van der Waals surface area (Å²) in [5.74, 6) is -4.11. The third kappa shape index (κ3) is 8.28. The van der Waals surface area contributed by atoms with Gasteiger partial charge in [0.2, 0.25) is 0 Å². The summed E-state index contributed by atoms with van der Waals surface area (Å²) in [6, 6.07) is 2.31. The van der Waals surface area contributed by atoms with Crippen molar-refractivity contribution in [2.75, 3.05) is 6.54 Å². The van der Waals surface area contributed by atoms with Crippen LogP contribution in [0.2, 0.25) is 0 Å². The highest BCUT2D eigenvalue weighted by molar-refractivity contribution is 5.70. The Labute approximate surface area is 144 Å². The molecule has 0 fully saturated rings. The molecule has 0 bridgehead atoms. The molecule has 148 valence electrons. The molecule has 2 unspecified atom stereocenters. The van der Waals surface area contributed by atoms with Crippen LogP contribution in [0.3, 0.4) is 0 Å². The first-order valence-electron chi connectivity index (χ1n) is 7.37. The maximum absolute atomic E-state index is 12.3. The zero-order valence-electron chi connectivity index (χ0n) is 13.5. The molecule has 0 heterocycles. The van der Waals surface area contributed by atoms with E-state index >= 15 is 0 Å². The smallest absolute Gasteiger partial charge is 0.481 e. The average molecular weight is 389 g/mol. The van der Waals surface area contributed by atoms with Crippen LogP contribution in [-0.4, -0.2) is 30.3 Å². The number of ether oxygens (including phenoxy) is 2. The van der Waals surface area contributed by atoms with E-state index in [1.807, 2.05) is 0 Å². The molecule has 0 amide bonds. The molecule has 3 N–H and O–H groups in total. The van der Waals surface area contributed by atoms with Gasteiger partial charge >= 0.3 is 18.7 Å². The van der Waals surface area contributed by atoms with E-state index in [-0.39, 0.29) is 30.9 Å². The van der Waals surface area contributed by atoms with Gasteiger partial charge in [-0.25, -0.2) is 0 Å². The molecule has 0 aliphatic carbocycles. The fourth-order valence-electron chi connectivity index (χ4n) is 2.40. The number of alkyl halides is 6. The molecule has 11 heteroatoms. The van der Waals surface area contributed by atoms with Gasteiger partial charge in [-0.1, -0.05) is 6.92 Å². The Balaban J connectivity index is 3.02. The number of nitrogens with two attached hydrogens (primary N) is 1. The maximum Gasteiger partial charge on any atom is 0.573 e. The van der Waals surface area contributed by atoms with E-state index in [1.54, 1.807) is 6.92 Å². The van der Waals surface area contributed by atoms with Crippen LogP contribution < -0.4 is 15.2 Å². The minimum absolute atomic E-state index is 0.00700. The second-order valence-corrected chi connectivity index (χ2v) is 5.72. The standard InChI is InChI=1S/C15H17F6NO4/c1-8(3-10(7-22)13(23)24)2-9-4-11(25-14(16,17)18)6-12(5-9)26-15(19,20)21/h4-6,8,10H,2-3,7,22H2,1H3,(H,23,24). The summed E-state index contributed by atoms with van der Waals surface area (Å²) >= 11 is 0. The molecule has 0 aliphatic rings. The van der Waals surface area contributed by atoms with Gasteiger partial charge in [0.1, 0.15) is 11.5 Å². The van der Waals surface area contributed by atoms with E-state index in [1.165, 1.54) is 0 Å². The van der Waals surface area contributed by atoms with Crippen LogP contribution in [0, 0.1) is 11.8 Å². The van der Waals surface area contributed by atoms with Gasteiger partial charge in [-0.3, -0.25) is 4.79 Å². The van der Waals surface area contributed by atoms with Crippen molar-refractivity contribution in [1.29, 1.82) is 0 Å². The Morgan fingerprint density at radius 2 is 1.54 bits per heavy atom. The zero-order valence-corrected chi connectivity index (χ0v) is 13.5. The highest BCUT2D eigenvalue weighted by Gasteiger charge is 2.34. The van der Waals surface area contributed by atoms with Crippen molar-refractivity contribution in [3.63, 3.8) is 0 Å². The number of carbonyl (C=O) groups is 1. The number of aliphatic carboxylic acids is 1. The number of halogens is 6. The van der Waals surface area contributed by atoms with Gasteiger partial charge in [-0.2, -0.15) is 0 Å². The predicted octanol–water partition coefficient (Wildman–Crippen LogP) is 3.71.